The van der Waals surface area contributed by atoms with Gasteiger partial charge in [0.15, 0.2) is 0 Å². The van der Waals surface area contributed by atoms with Gasteiger partial charge in [-0.05, 0) is 25.8 Å². The number of hydrogen-bond acceptors (Lipinski definition) is 5. The minimum atomic E-state index is -0.287. The summed E-state index contributed by atoms with van der Waals surface area (Å²) in [4.78, 5) is 23.0. The van der Waals surface area contributed by atoms with Crippen LogP contribution in [0, 0.1) is 5.92 Å². The van der Waals surface area contributed by atoms with Gasteiger partial charge >= 0.3 is 11.9 Å². The molecule has 3 atom stereocenters. The molecule has 0 unspecified atom stereocenters. The standard InChI is InChI=1S/C13H21NO4/c1-9(15)18-10-5-7-17-13(16)11(8-10)12-4-2-3-6-14-12/h10-12,14H,2-8H2,1H3/t10-,11-,12+/m0/s1. The minimum absolute atomic E-state index is 0.149. The molecule has 0 aromatic heterocycles. The molecule has 2 rings (SSSR count). The van der Waals surface area contributed by atoms with Gasteiger partial charge in [0.05, 0.1) is 12.5 Å². The number of ether oxygens (including phenoxy) is 2. The van der Waals surface area contributed by atoms with E-state index < -0.39 is 0 Å². The van der Waals surface area contributed by atoms with E-state index in [-0.39, 0.29) is 30.0 Å². The summed E-state index contributed by atoms with van der Waals surface area (Å²) in [5.41, 5.74) is 0. The largest absolute Gasteiger partial charge is 0.465 e. The van der Waals surface area contributed by atoms with Gasteiger partial charge in [0, 0.05) is 19.4 Å². The number of piperidine rings is 1. The Hall–Kier alpha value is -1.10. The maximum absolute atomic E-state index is 11.9. The van der Waals surface area contributed by atoms with Gasteiger partial charge in [-0.2, -0.15) is 0 Å². The maximum Gasteiger partial charge on any atom is 0.310 e. The second-order valence-corrected chi connectivity index (χ2v) is 5.09. The lowest BCUT2D eigenvalue weighted by atomic mass is 9.88. The van der Waals surface area contributed by atoms with Crippen molar-refractivity contribution in [2.75, 3.05) is 13.2 Å². The predicted molar refractivity (Wildman–Crippen MR) is 64.9 cm³/mol. The molecule has 18 heavy (non-hydrogen) atoms. The van der Waals surface area contributed by atoms with Crippen molar-refractivity contribution < 1.29 is 19.1 Å². The maximum atomic E-state index is 11.9. The van der Waals surface area contributed by atoms with Gasteiger partial charge in [-0.3, -0.25) is 9.59 Å². The van der Waals surface area contributed by atoms with Gasteiger partial charge in [0.2, 0.25) is 0 Å². The second-order valence-electron chi connectivity index (χ2n) is 5.09. The van der Waals surface area contributed by atoms with E-state index in [1.165, 1.54) is 6.92 Å². The van der Waals surface area contributed by atoms with Crippen molar-refractivity contribution in [3.05, 3.63) is 0 Å². The summed E-state index contributed by atoms with van der Waals surface area (Å²) in [6.07, 6.45) is 4.28. The fraction of sp³-hybridized carbons (Fsp3) is 0.846. The van der Waals surface area contributed by atoms with Gasteiger partial charge < -0.3 is 14.8 Å². The highest BCUT2D eigenvalue weighted by atomic mass is 16.6. The molecule has 2 heterocycles. The fourth-order valence-corrected chi connectivity index (χ4v) is 2.79. The Kier molecular flexibility index (Phi) is 4.58. The van der Waals surface area contributed by atoms with Crippen molar-refractivity contribution in [1.82, 2.24) is 5.32 Å². The van der Waals surface area contributed by atoms with E-state index in [0.29, 0.717) is 19.4 Å². The van der Waals surface area contributed by atoms with Crippen molar-refractivity contribution >= 4 is 11.9 Å². The summed E-state index contributed by atoms with van der Waals surface area (Å²) in [5, 5.41) is 3.38. The molecule has 5 heteroatoms. The summed E-state index contributed by atoms with van der Waals surface area (Å²) in [7, 11) is 0. The molecule has 2 fully saturated rings. The third-order valence-electron chi connectivity index (χ3n) is 3.67. The van der Waals surface area contributed by atoms with E-state index in [1.807, 2.05) is 0 Å². The van der Waals surface area contributed by atoms with Crippen LogP contribution in [0.15, 0.2) is 0 Å². The van der Waals surface area contributed by atoms with Crippen LogP contribution in [0.2, 0.25) is 0 Å². The third-order valence-corrected chi connectivity index (χ3v) is 3.67. The summed E-state index contributed by atoms with van der Waals surface area (Å²) < 4.78 is 10.5. The quantitative estimate of drug-likeness (QED) is 0.746. The van der Waals surface area contributed by atoms with Crippen molar-refractivity contribution in [3.8, 4) is 0 Å². The first-order chi connectivity index (χ1) is 8.66. The van der Waals surface area contributed by atoms with Gasteiger partial charge in [-0.15, -0.1) is 0 Å². The smallest absolute Gasteiger partial charge is 0.310 e. The van der Waals surface area contributed by atoms with Crippen LogP contribution >= 0.6 is 0 Å². The van der Waals surface area contributed by atoms with Crippen LogP contribution in [-0.2, 0) is 19.1 Å². The van der Waals surface area contributed by atoms with Crippen molar-refractivity contribution in [2.45, 2.75) is 51.2 Å². The minimum Gasteiger partial charge on any atom is -0.465 e. The zero-order valence-corrected chi connectivity index (χ0v) is 10.8. The molecule has 0 aliphatic carbocycles. The summed E-state index contributed by atoms with van der Waals surface area (Å²) in [6.45, 7) is 2.70. The highest BCUT2D eigenvalue weighted by Gasteiger charge is 2.35. The molecule has 0 radical (unpaired) electrons. The first-order valence-corrected chi connectivity index (χ1v) is 6.74. The van der Waals surface area contributed by atoms with Crippen LogP contribution in [0.4, 0.5) is 0 Å². The Morgan fingerprint density at radius 3 is 2.89 bits per heavy atom. The topological polar surface area (TPSA) is 64.6 Å². The highest BCUT2D eigenvalue weighted by molar-refractivity contribution is 5.74. The van der Waals surface area contributed by atoms with Gasteiger partial charge in [0.1, 0.15) is 6.10 Å². The molecule has 0 aromatic carbocycles. The lowest BCUT2D eigenvalue weighted by molar-refractivity contribution is -0.150. The second kappa shape index (κ2) is 6.18. The van der Waals surface area contributed by atoms with Crippen LogP contribution in [0.3, 0.4) is 0 Å². The molecule has 0 amide bonds. The number of rotatable bonds is 2. The number of nitrogens with one attached hydrogen (secondary N) is 1. The molecule has 0 saturated carbocycles. The highest BCUT2D eigenvalue weighted by Crippen LogP contribution is 2.26. The van der Waals surface area contributed by atoms with Gasteiger partial charge in [-0.1, -0.05) is 6.42 Å². The molecule has 0 bridgehead atoms. The number of carbonyl (C=O) groups excluding carboxylic acids is 2. The van der Waals surface area contributed by atoms with Crippen LogP contribution in [-0.4, -0.2) is 37.2 Å². The molecule has 102 valence electrons. The Labute approximate surface area is 107 Å². The van der Waals surface area contributed by atoms with Crippen LogP contribution in [0.5, 0.6) is 0 Å². The van der Waals surface area contributed by atoms with Crippen LogP contribution < -0.4 is 5.32 Å². The Morgan fingerprint density at radius 1 is 1.39 bits per heavy atom. The Morgan fingerprint density at radius 2 is 2.22 bits per heavy atom. The normalized spacial score (nSPS) is 33.4. The molecule has 2 aliphatic heterocycles. The Balaban J connectivity index is 1.99. The van der Waals surface area contributed by atoms with E-state index in [0.717, 1.165) is 25.8 Å². The van der Waals surface area contributed by atoms with Gasteiger partial charge in [0.25, 0.3) is 0 Å². The lowest BCUT2D eigenvalue weighted by Gasteiger charge is -2.30. The molecular weight excluding hydrogens is 234 g/mol. The summed E-state index contributed by atoms with van der Waals surface area (Å²) >= 11 is 0. The van der Waals surface area contributed by atoms with E-state index in [1.54, 1.807) is 0 Å². The summed E-state index contributed by atoms with van der Waals surface area (Å²) in [5.74, 6) is -0.620. The van der Waals surface area contributed by atoms with E-state index >= 15 is 0 Å². The molecule has 1 N–H and O–H groups in total. The van der Waals surface area contributed by atoms with E-state index in [4.69, 9.17) is 9.47 Å². The Bertz CT molecular complexity index is 312. The van der Waals surface area contributed by atoms with E-state index in [2.05, 4.69) is 5.32 Å². The number of esters is 2. The van der Waals surface area contributed by atoms with Crippen molar-refractivity contribution in [2.24, 2.45) is 5.92 Å². The molecular formula is C13H21NO4. The predicted octanol–water partition coefficient (Wildman–Crippen LogP) is 1.01. The zero-order chi connectivity index (χ0) is 13.0. The van der Waals surface area contributed by atoms with Crippen molar-refractivity contribution in [3.63, 3.8) is 0 Å². The molecule has 2 aliphatic rings. The number of carbonyl (C=O) groups is 2. The average Bonchev–Trinajstić information content (AvgIpc) is 2.52. The fourth-order valence-electron chi connectivity index (χ4n) is 2.79. The van der Waals surface area contributed by atoms with Gasteiger partial charge in [-0.25, -0.2) is 0 Å². The third kappa shape index (κ3) is 3.45. The average molecular weight is 255 g/mol. The van der Waals surface area contributed by atoms with Crippen molar-refractivity contribution in [1.29, 1.82) is 0 Å². The lowest BCUT2D eigenvalue weighted by Crippen LogP contribution is -2.44. The number of hydrogen-bond donors (Lipinski definition) is 1. The van der Waals surface area contributed by atoms with E-state index in [9.17, 15) is 9.59 Å². The molecule has 0 aromatic rings. The SMILES string of the molecule is CC(=O)O[C@H]1CCOC(=O)[C@H]([C@H]2CCCCN2)C1. The van der Waals surface area contributed by atoms with Crippen LogP contribution in [0.25, 0.3) is 0 Å². The number of cyclic esters (lactones) is 1. The molecule has 5 nitrogen and oxygen atoms in total. The zero-order valence-electron chi connectivity index (χ0n) is 10.8. The first-order valence-electron chi connectivity index (χ1n) is 6.74. The molecule has 2 saturated heterocycles. The molecule has 0 spiro atoms. The van der Waals surface area contributed by atoms with Crippen LogP contribution in [0.1, 0.15) is 39.0 Å². The summed E-state index contributed by atoms with van der Waals surface area (Å²) in [6, 6.07) is 0.169. The monoisotopic (exact) mass is 255 g/mol. The first kappa shape index (κ1) is 13.3.